The van der Waals surface area contributed by atoms with Crippen LogP contribution >= 0.6 is 0 Å². The van der Waals surface area contributed by atoms with Gasteiger partial charge in [0, 0.05) is 30.8 Å². The lowest BCUT2D eigenvalue weighted by Crippen LogP contribution is -2.38. The first-order valence-corrected chi connectivity index (χ1v) is 10.8. The summed E-state index contributed by atoms with van der Waals surface area (Å²) in [4.78, 5) is 37.0. The van der Waals surface area contributed by atoms with Gasteiger partial charge in [0.15, 0.2) is 0 Å². The zero-order valence-electron chi connectivity index (χ0n) is 19.3. The largest absolute Gasteiger partial charge is 0.480 e. The van der Waals surface area contributed by atoms with Gasteiger partial charge in [-0.1, -0.05) is 45.0 Å². The Balaban J connectivity index is 1.90. The Labute approximate surface area is 192 Å². The lowest BCUT2D eigenvalue weighted by molar-refractivity contribution is -0.145. The average Bonchev–Trinajstić information content (AvgIpc) is 3.17. The third kappa shape index (κ3) is 6.71. The molecule has 1 unspecified atom stereocenters. The number of benzene rings is 1. The molecular weight excluding hydrogens is 423 g/mol. The van der Waals surface area contributed by atoms with Crippen LogP contribution in [0.3, 0.4) is 0 Å². The highest BCUT2D eigenvalue weighted by molar-refractivity contribution is 5.80. The number of carbonyl (C=O) groups excluding carboxylic acids is 1. The van der Waals surface area contributed by atoms with E-state index in [0.717, 1.165) is 23.2 Å². The Morgan fingerprint density at radius 1 is 1.09 bits per heavy atom. The van der Waals surface area contributed by atoms with E-state index < -0.39 is 24.4 Å². The number of carboxylic acid groups (broad SMARTS) is 1. The smallest absolute Gasteiger partial charge is 0.323 e. The van der Waals surface area contributed by atoms with E-state index in [1.807, 2.05) is 24.3 Å². The fraction of sp³-hybridized carbons (Fsp3) is 0.360. The van der Waals surface area contributed by atoms with Crippen molar-refractivity contribution >= 4 is 11.9 Å². The number of aromatic amines is 1. The number of hydrogen-bond acceptors (Lipinski definition) is 4. The molecule has 0 bridgehead atoms. The number of carboxylic acids is 1. The van der Waals surface area contributed by atoms with Crippen LogP contribution in [0.15, 0.2) is 48.8 Å². The number of nitrogens with zero attached hydrogens (tertiary/aromatic N) is 3. The maximum Gasteiger partial charge on any atom is 0.323 e. The van der Waals surface area contributed by atoms with Crippen LogP contribution in [-0.4, -0.2) is 43.4 Å². The van der Waals surface area contributed by atoms with E-state index in [0.29, 0.717) is 17.9 Å². The van der Waals surface area contributed by atoms with Crippen LogP contribution in [0.1, 0.15) is 50.8 Å². The molecule has 3 aromatic rings. The lowest BCUT2D eigenvalue weighted by atomic mass is 9.91. The Morgan fingerprint density at radius 3 is 2.33 bits per heavy atom. The minimum absolute atomic E-state index is 0.0465. The third-order valence-electron chi connectivity index (χ3n) is 5.18. The molecule has 174 valence electrons. The average molecular weight is 453 g/mol. The van der Waals surface area contributed by atoms with E-state index in [1.54, 1.807) is 12.3 Å². The summed E-state index contributed by atoms with van der Waals surface area (Å²) in [5.74, 6) is -1.28. The summed E-state index contributed by atoms with van der Waals surface area (Å²) in [6.45, 7) is 7.30. The second-order valence-corrected chi connectivity index (χ2v) is 9.35. The van der Waals surface area contributed by atoms with Crippen LogP contribution in [-0.2, 0) is 22.4 Å². The van der Waals surface area contributed by atoms with E-state index >= 15 is 0 Å². The van der Waals surface area contributed by atoms with E-state index in [9.17, 15) is 19.1 Å². The predicted octanol–water partition coefficient (Wildman–Crippen LogP) is 4.42. The Hall–Kier alpha value is -3.55. The fourth-order valence-corrected chi connectivity index (χ4v) is 3.73. The zero-order valence-corrected chi connectivity index (χ0v) is 19.3. The molecule has 1 aromatic carbocycles. The maximum absolute atomic E-state index is 13.1. The summed E-state index contributed by atoms with van der Waals surface area (Å²) in [5.41, 5.74) is 3.35. The van der Waals surface area contributed by atoms with E-state index in [-0.39, 0.29) is 11.3 Å². The van der Waals surface area contributed by atoms with Crippen LogP contribution in [0.5, 0.6) is 0 Å². The van der Waals surface area contributed by atoms with Crippen LogP contribution in [0.2, 0.25) is 0 Å². The van der Waals surface area contributed by atoms with Gasteiger partial charge >= 0.3 is 5.97 Å². The normalized spacial score (nSPS) is 12.4. The van der Waals surface area contributed by atoms with Gasteiger partial charge in [-0.05, 0) is 29.5 Å². The second kappa shape index (κ2) is 9.94. The number of rotatable bonds is 8. The van der Waals surface area contributed by atoms with Gasteiger partial charge < -0.3 is 15.0 Å². The number of H-pyrrole nitrogens is 1. The molecule has 2 heterocycles. The third-order valence-corrected chi connectivity index (χ3v) is 5.18. The monoisotopic (exact) mass is 452 g/mol. The van der Waals surface area contributed by atoms with Crippen LogP contribution in [0.25, 0.3) is 11.3 Å². The molecule has 2 aromatic heterocycles. The molecule has 7 nitrogen and oxygen atoms in total. The number of nitrogens with one attached hydrogen (secondary N) is 1. The van der Waals surface area contributed by atoms with Crippen molar-refractivity contribution in [3.63, 3.8) is 0 Å². The van der Waals surface area contributed by atoms with Crippen molar-refractivity contribution in [2.75, 3.05) is 6.54 Å². The minimum Gasteiger partial charge on any atom is -0.480 e. The van der Waals surface area contributed by atoms with E-state index in [1.165, 1.54) is 24.1 Å². The summed E-state index contributed by atoms with van der Waals surface area (Å²) >= 11 is 0. The number of aliphatic carboxylic acids is 1. The van der Waals surface area contributed by atoms with Gasteiger partial charge in [0.1, 0.15) is 18.2 Å². The van der Waals surface area contributed by atoms with Crippen molar-refractivity contribution in [1.82, 2.24) is 19.9 Å². The molecule has 0 spiro atoms. The Bertz CT molecular complexity index is 1100. The van der Waals surface area contributed by atoms with Crippen molar-refractivity contribution in [3.05, 3.63) is 71.7 Å². The number of amides is 1. The van der Waals surface area contributed by atoms with Crippen LogP contribution in [0, 0.1) is 11.2 Å². The summed E-state index contributed by atoms with van der Waals surface area (Å²) in [7, 11) is 0. The standard InChI is InChI=1S/C25H29FN4O3/c1-16(31)30(15-23(32)33)22(24-28-14-20(29-24)12-25(2,3)4)11-17-5-7-18(8-6-17)21-10-9-19(26)13-27-21/h5-10,13-14,22H,11-12,15H2,1-4H3,(H,28,29)(H,32,33). The van der Waals surface area contributed by atoms with Gasteiger partial charge in [-0.25, -0.2) is 9.37 Å². The predicted molar refractivity (Wildman–Crippen MR) is 123 cm³/mol. The molecular formula is C25H29FN4O3. The first kappa shape index (κ1) is 24.1. The zero-order chi connectivity index (χ0) is 24.2. The summed E-state index contributed by atoms with van der Waals surface area (Å²) in [6.07, 6.45) is 4.06. The number of pyridine rings is 1. The molecule has 0 saturated carbocycles. The van der Waals surface area contributed by atoms with E-state index in [4.69, 9.17) is 0 Å². The van der Waals surface area contributed by atoms with Crippen LogP contribution < -0.4 is 0 Å². The highest BCUT2D eigenvalue weighted by Gasteiger charge is 2.28. The van der Waals surface area contributed by atoms with E-state index in [2.05, 4.69) is 35.7 Å². The van der Waals surface area contributed by atoms with Gasteiger partial charge in [-0.3, -0.25) is 14.6 Å². The molecule has 8 heteroatoms. The van der Waals surface area contributed by atoms with Gasteiger partial charge in [-0.2, -0.15) is 0 Å². The van der Waals surface area contributed by atoms with Gasteiger partial charge in [0.05, 0.1) is 17.9 Å². The highest BCUT2D eigenvalue weighted by atomic mass is 19.1. The molecule has 0 saturated heterocycles. The molecule has 2 N–H and O–H groups in total. The van der Waals surface area contributed by atoms with Crippen molar-refractivity contribution in [2.45, 2.75) is 46.6 Å². The fourth-order valence-electron chi connectivity index (χ4n) is 3.73. The molecule has 0 aliphatic carbocycles. The SMILES string of the molecule is CC(=O)N(CC(=O)O)C(Cc1ccc(-c2ccc(F)cn2)cc1)c1ncc(CC(C)(C)C)[nH]1. The molecule has 0 fully saturated rings. The molecule has 1 atom stereocenters. The minimum atomic E-state index is -1.09. The Kier molecular flexibility index (Phi) is 7.26. The summed E-state index contributed by atoms with van der Waals surface area (Å²) < 4.78 is 13.1. The van der Waals surface area contributed by atoms with Crippen molar-refractivity contribution < 1.29 is 19.1 Å². The number of carbonyl (C=O) groups is 2. The summed E-state index contributed by atoms with van der Waals surface area (Å²) in [6, 6.07) is 9.93. The van der Waals surface area contributed by atoms with Gasteiger partial charge in [0.25, 0.3) is 0 Å². The first-order valence-electron chi connectivity index (χ1n) is 10.8. The van der Waals surface area contributed by atoms with Crippen molar-refractivity contribution in [1.29, 1.82) is 0 Å². The quantitative estimate of drug-likeness (QED) is 0.527. The maximum atomic E-state index is 13.1. The number of halogens is 1. The van der Waals surface area contributed by atoms with Crippen molar-refractivity contribution in [2.24, 2.45) is 5.41 Å². The molecule has 3 rings (SSSR count). The first-order chi connectivity index (χ1) is 15.5. The number of hydrogen-bond donors (Lipinski definition) is 2. The van der Waals surface area contributed by atoms with Gasteiger partial charge in [-0.15, -0.1) is 0 Å². The van der Waals surface area contributed by atoms with Gasteiger partial charge in [0.2, 0.25) is 5.91 Å². The van der Waals surface area contributed by atoms with Crippen LogP contribution in [0.4, 0.5) is 4.39 Å². The number of imidazole rings is 1. The second-order valence-electron chi connectivity index (χ2n) is 9.35. The Morgan fingerprint density at radius 2 is 1.79 bits per heavy atom. The topological polar surface area (TPSA) is 99.2 Å². The number of aromatic nitrogens is 3. The molecule has 0 aliphatic rings. The summed E-state index contributed by atoms with van der Waals surface area (Å²) in [5, 5.41) is 9.38. The molecule has 0 aliphatic heterocycles. The molecule has 1 amide bonds. The lowest BCUT2D eigenvalue weighted by Gasteiger charge is -2.28. The molecule has 0 radical (unpaired) electrons. The highest BCUT2D eigenvalue weighted by Crippen LogP contribution is 2.27. The molecule has 33 heavy (non-hydrogen) atoms. The van der Waals surface area contributed by atoms with Crippen molar-refractivity contribution in [3.8, 4) is 11.3 Å².